The van der Waals surface area contributed by atoms with Crippen molar-refractivity contribution in [2.45, 2.75) is 37.6 Å². The molecule has 2 rings (SSSR count). The van der Waals surface area contributed by atoms with Crippen LogP contribution in [0.5, 0.6) is 11.5 Å². The van der Waals surface area contributed by atoms with E-state index in [1.54, 1.807) is 0 Å². The minimum atomic E-state index is -0.819. The van der Waals surface area contributed by atoms with E-state index in [1.807, 2.05) is 0 Å². The fourth-order valence-corrected chi connectivity index (χ4v) is 2.41. The van der Waals surface area contributed by atoms with Crippen LogP contribution in [0.3, 0.4) is 0 Å². The van der Waals surface area contributed by atoms with E-state index in [9.17, 15) is 14.6 Å². The van der Waals surface area contributed by atoms with Crippen LogP contribution in [0.15, 0.2) is 12.1 Å². The number of rotatable bonds is 1. The van der Waals surface area contributed by atoms with Gasteiger partial charge in [-0.15, -0.1) is 0 Å². The van der Waals surface area contributed by atoms with Gasteiger partial charge in [-0.05, 0) is 18.9 Å². The molecule has 3 nitrogen and oxygen atoms in total. The summed E-state index contributed by atoms with van der Waals surface area (Å²) in [6.45, 7) is 0. The van der Waals surface area contributed by atoms with E-state index >= 15 is 0 Å². The smallest absolute Gasteiger partial charge is 0.194 e. The van der Waals surface area contributed by atoms with Crippen LogP contribution in [0, 0.1) is 5.82 Å². The van der Waals surface area contributed by atoms with Gasteiger partial charge in [0.2, 0.25) is 0 Å². The summed E-state index contributed by atoms with van der Waals surface area (Å²) >= 11 is 0. The average Bonchev–Trinajstić information content (AvgIpc) is 2.27. The topological polar surface area (TPSA) is 66.5 Å². The van der Waals surface area contributed by atoms with Gasteiger partial charge in [0.15, 0.2) is 17.3 Å². The van der Waals surface area contributed by atoms with Crippen molar-refractivity contribution >= 4 is 0 Å². The summed E-state index contributed by atoms with van der Waals surface area (Å²) < 4.78 is 13.0. The standard InChI is InChI=1S/C12H16FNO2/c13-9-5-4-8(10(15)11(9)16)12(14)6-2-1-3-7-12/h4-5,15-16H,1-3,6-7,14H2. The Kier molecular flexibility index (Phi) is 2.76. The minimum absolute atomic E-state index is 0.413. The minimum Gasteiger partial charge on any atom is -0.504 e. The molecule has 1 saturated carbocycles. The molecule has 4 N–H and O–H groups in total. The summed E-state index contributed by atoms with van der Waals surface area (Å²) in [5.41, 5.74) is 6.03. The van der Waals surface area contributed by atoms with Crippen LogP contribution in [0.2, 0.25) is 0 Å². The van der Waals surface area contributed by atoms with Crippen molar-refractivity contribution in [2.24, 2.45) is 5.73 Å². The Morgan fingerprint density at radius 2 is 1.69 bits per heavy atom. The third-order valence-electron chi connectivity index (χ3n) is 3.38. The van der Waals surface area contributed by atoms with E-state index in [0.29, 0.717) is 5.56 Å². The molecule has 0 unspecified atom stereocenters. The van der Waals surface area contributed by atoms with Gasteiger partial charge >= 0.3 is 0 Å². The maximum Gasteiger partial charge on any atom is 0.194 e. The number of phenolic OH excluding ortho intramolecular Hbond substituents is 2. The molecule has 1 aromatic rings. The van der Waals surface area contributed by atoms with E-state index in [4.69, 9.17) is 5.73 Å². The predicted molar refractivity (Wildman–Crippen MR) is 58.7 cm³/mol. The molecule has 0 heterocycles. The average molecular weight is 225 g/mol. The van der Waals surface area contributed by atoms with E-state index in [0.717, 1.165) is 38.2 Å². The van der Waals surface area contributed by atoms with Crippen molar-refractivity contribution in [1.82, 2.24) is 0 Å². The number of aromatic hydroxyl groups is 2. The van der Waals surface area contributed by atoms with Crippen LogP contribution in [0.1, 0.15) is 37.7 Å². The first-order chi connectivity index (χ1) is 7.54. The molecule has 0 amide bonds. The number of hydrogen-bond acceptors (Lipinski definition) is 3. The van der Waals surface area contributed by atoms with Crippen molar-refractivity contribution in [3.63, 3.8) is 0 Å². The third kappa shape index (κ3) is 1.73. The molecule has 1 fully saturated rings. The largest absolute Gasteiger partial charge is 0.504 e. The molecule has 4 heteroatoms. The lowest BCUT2D eigenvalue weighted by Crippen LogP contribution is -2.38. The van der Waals surface area contributed by atoms with Gasteiger partial charge in [-0.2, -0.15) is 0 Å². The molecule has 0 aliphatic heterocycles. The van der Waals surface area contributed by atoms with Crippen molar-refractivity contribution < 1.29 is 14.6 Å². The second-order valence-corrected chi connectivity index (χ2v) is 4.51. The molecular weight excluding hydrogens is 209 g/mol. The second kappa shape index (κ2) is 3.94. The second-order valence-electron chi connectivity index (χ2n) is 4.51. The lowest BCUT2D eigenvalue weighted by atomic mass is 9.77. The SMILES string of the molecule is NC1(c2ccc(F)c(O)c2O)CCCCC1. The number of hydrogen-bond donors (Lipinski definition) is 3. The van der Waals surface area contributed by atoms with Crippen LogP contribution in [0.4, 0.5) is 4.39 Å². The highest BCUT2D eigenvalue weighted by molar-refractivity contribution is 5.48. The Labute approximate surface area is 93.7 Å². The molecule has 0 aromatic heterocycles. The van der Waals surface area contributed by atoms with Crippen molar-refractivity contribution in [1.29, 1.82) is 0 Å². The highest BCUT2D eigenvalue weighted by Gasteiger charge is 2.33. The van der Waals surface area contributed by atoms with Crippen LogP contribution in [-0.2, 0) is 5.54 Å². The highest BCUT2D eigenvalue weighted by atomic mass is 19.1. The molecule has 0 spiro atoms. The molecule has 0 radical (unpaired) electrons. The summed E-state index contributed by atoms with van der Waals surface area (Å²) in [5.74, 6) is -1.93. The van der Waals surface area contributed by atoms with E-state index in [1.165, 1.54) is 6.07 Å². The Morgan fingerprint density at radius 3 is 2.31 bits per heavy atom. The number of phenols is 2. The van der Waals surface area contributed by atoms with Crippen LogP contribution >= 0.6 is 0 Å². The van der Waals surface area contributed by atoms with E-state index in [2.05, 4.69) is 0 Å². The summed E-state index contributed by atoms with van der Waals surface area (Å²) in [7, 11) is 0. The van der Waals surface area contributed by atoms with Gasteiger partial charge < -0.3 is 15.9 Å². The van der Waals surface area contributed by atoms with Crippen LogP contribution in [-0.4, -0.2) is 10.2 Å². The Morgan fingerprint density at radius 1 is 1.06 bits per heavy atom. The molecule has 0 atom stereocenters. The molecule has 1 aromatic carbocycles. The first-order valence-electron chi connectivity index (χ1n) is 5.54. The van der Waals surface area contributed by atoms with Gasteiger partial charge in [0.1, 0.15) is 0 Å². The van der Waals surface area contributed by atoms with Crippen molar-refractivity contribution in [3.8, 4) is 11.5 Å². The number of halogens is 1. The zero-order valence-electron chi connectivity index (χ0n) is 9.04. The molecule has 1 aliphatic rings. The Balaban J connectivity index is 2.43. The quantitative estimate of drug-likeness (QED) is 0.643. The summed E-state index contributed by atoms with van der Waals surface area (Å²) in [6, 6.07) is 2.61. The molecule has 16 heavy (non-hydrogen) atoms. The van der Waals surface area contributed by atoms with Gasteiger partial charge in [-0.25, -0.2) is 4.39 Å². The Bertz CT molecular complexity index is 400. The zero-order chi connectivity index (χ0) is 11.8. The molecule has 0 saturated heterocycles. The third-order valence-corrected chi connectivity index (χ3v) is 3.38. The number of nitrogens with two attached hydrogens (primary N) is 1. The van der Waals surface area contributed by atoms with Crippen molar-refractivity contribution in [2.75, 3.05) is 0 Å². The highest BCUT2D eigenvalue weighted by Crippen LogP contribution is 2.42. The lowest BCUT2D eigenvalue weighted by Gasteiger charge is -2.34. The summed E-state index contributed by atoms with van der Waals surface area (Å²) in [5, 5.41) is 19.1. The fraction of sp³-hybridized carbons (Fsp3) is 0.500. The van der Waals surface area contributed by atoms with Gasteiger partial charge in [-0.3, -0.25) is 0 Å². The van der Waals surface area contributed by atoms with Crippen LogP contribution in [0.25, 0.3) is 0 Å². The van der Waals surface area contributed by atoms with Gasteiger partial charge in [-0.1, -0.05) is 25.3 Å². The number of benzene rings is 1. The molecule has 1 aliphatic carbocycles. The van der Waals surface area contributed by atoms with Gasteiger partial charge in [0, 0.05) is 11.1 Å². The first-order valence-corrected chi connectivity index (χ1v) is 5.54. The first kappa shape index (κ1) is 11.2. The maximum absolute atomic E-state index is 13.0. The molecule has 88 valence electrons. The van der Waals surface area contributed by atoms with Gasteiger partial charge in [0.05, 0.1) is 0 Å². The summed E-state index contributed by atoms with van der Waals surface area (Å²) in [6.07, 6.45) is 4.63. The van der Waals surface area contributed by atoms with Gasteiger partial charge in [0.25, 0.3) is 0 Å². The predicted octanol–water partition coefficient (Wildman–Crippen LogP) is 2.36. The normalized spacial score (nSPS) is 19.6. The van der Waals surface area contributed by atoms with E-state index in [-0.39, 0.29) is 0 Å². The molecule has 0 bridgehead atoms. The fourth-order valence-electron chi connectivity index (χ4n) is 2.41. The lowest BCUT2D eigenvalue weighted by molar-refractivity contribution is 0.285. The van der Waals surface area contributed by atoms with E-state index < -0.39 is 22.9 Å². The summed E-state index contributed by atoms with van der Waals surface area (Å²) in [4.78, 5) is 0. The monoisotopic (exact) mass is 225 g/mol. The Hall–Kier alpha value is -1.29. The van der Waals surface area contributed by atoms with Crippen molar-refractivity contribution in [3.05, 3.63) is 23.5 Å². The maximum atomic E-state index is 13.0. The van der Waals surface area contributed by atoms with Crippen LogP contribution < -0.4 is 5.73 Å². The molecular formula is C12H16FNO2. The zero-order valence-corrected chi connectivity index (χ0v) is 9.04.